The third kappa shape index (κ3) is 3.66. The van der Waals surface area contributed by atoms with E-state index in [9.17, 15) is 24.5 Å². The van der Waals surface area contributed by atoms with Gasteiger partial charge in [0.2, 0.25) is 11.8 Å². The summed E-state index contributed by atoms with van der Waals surface area (Å²) in [6.07, 6.45) is -0.995. The van der Waals surface area contributed by atoms with E-state index < -0.39 is 22.9 Å². The summed E-state index contributed by atoms with van der Waals surface area (Å²) in [5, 5.41) is 10.6. The Hall–Kier alpha value is -3.75. The second-order valence-corrected chi connectivity index (χ2v) is 6.88. The van der Waals surface area contributed by atoms with E-state index in [4.69, 9.17) is 9.47 Å². The number of carbonyl (C=O) groups excluding carboxylic acids is 3. The summed E-state index contributed by atoms with van der Waals surface area (Å²) in [4.78, 5) is 48.0. The normalized spacial score (nSPS) is 22.2. The van der Waals surface area contributed by atoms with Crippen LogP contribution in [-0.4, -0.2) is 34.4 Å². The van der Waals surface area contributed by atoms with Crippen molar-refractivity contribution in [1.82, 2.24) is 4.90 Å². The van der Waals surface area contributed by atoms with Gasteiger partial charge in [0.15, 0.2) is 0 Å². The van der Waals surface area contributed by atoms with Crippen LogP contribution >= 0.6 is 0 Å². The Labute approximate surface area is 165 Å². The van der Waals surface area contributed by atoms with Gasteiger partial charge in [0, 0.05) is 18.1 Å². The number of carbonyl (C=O) groups is 3. The van der Waals surface area contributed by atoms with Crippen molar-refractivity contribution >= 4 is 23.7 Å². The first-order valence-electron chi connectivity index (χ1n) is 8.94. The molecular weight excluding hydrogens is 380 g/mol. The molecule has 9 heteroatoms. The number of hydrogen-bond donors (Lipinski definition) is 0. The number of fused-ring (bicyclic) bond motifs is 1. The Kier molecular flexibility index (Phi) is 4.71. The van der Waals surface area contributed by atoms with Crippen molar-refractivity contribution in [2.75, 3.05) is 6.61 Å². The molecule has 2 fully saturated rings. The molecule has 2 amide bonds. The molecular formula is C20H16N2O7. The topological polar surface area (TPSA) is 116 Å². The van der Waals surface area contributed by atoms with Gasteiger partial charge in [0.05, 0.1) is 29.9 Å². The van der Waals surface area contributed by atoms with Crippen molar-refractivity contribution in [1.29, 1.82) is 0 Å². The van der Waals surface area contributed by atoms with Crippen molar-refractivity contribution in [3.05, 3.63) is 70.3 Å². The van der Waals surface area contributed by atoms with E-state index >= 15 is 0 Å². The van der Waals surface area contributed by atoms with Crippen molar-refractivity contribution in [3.8, 4) is 5.75 Å². The Morgan fingerprint density at radius 2 is 1.62 bits per heavy atom. The fraction of sp³-hybridized carbons (Fsp3) is 0.250. The molecule has 2 aliphatic rings. The highest BCUT2D eigenvalue weighted by Gasteiger charge is 2.67. The summed E-state index contributed by atoms with van der Waals surface area (Å²) >= 11 is 0. The molecule has 1 heterocycles. The van der Waals surface area contributed by atoms with Crippen LogP contribution in [0.1, 0.15) is 5.56 Å². The largest absolute Gasteiger partial charge is 0.513 e. The summed E-state index contributed by atoms with van der Waals surface area (Å²) in [6.45, 7) is 0.138. The molecule has 4 rings (SSSR count). The Morgan fingerprint density at radius 3 is 2.21 bits per heavy atom. The molecule has 1 saturated heterocycles. The Morgan fingerprint density at radius 1 is 1.00 bits per heavy atom. The number of benzene rings is 2. The summed E-state index contributed by atoms with van der Waals surface area (Å²) in [7, 11) is 0. The molecule has 1 saturated carbocycles. The zero-order chi connectivity index (χ0) is 20.5. The first-order valence-corrected chi connectivity index (χ1v) is 8.94. The molecule has 29 heavy (non-hydrogen) atoms. The van der Waals surface area contributed by atoms with Crippen molar-refractivity contribution in [3.63, 3.8) is 0 Å². The predicted molar refractivity (Wildman–Crippen MR) is 97.5 cm³/mol. The molecule has 1 aliphatic carbocycles. The maximum absolute atomic E-state index is 12.5. The zero-order valence-electron chi connectivity index (χ0n) is 15.1. The Bertz CT molecular complexity index is 952. The van der Waals surface area contributed by atoms with E-state index in [1.807, 2.05) is 30.3 Å². The van der Waals surface area contributed by atoms with Crippen molar-refractivity contribution in [2.24, 2.45) is 17.8 Å². The van der Waals surface area contributed by atoms with Gasteiger partial charge in [-0.25, -0.2) is 4.79 Å². The molecule has 9 nitrogen and oxygen atoms in total. The number of ether oxygens (including phenoxy) is 2. The number of nitro benzene ring substituents is 1. The quantitative estimate of drug-likeness (QED) is 0.242. The molecule has 0 bridgehead atoms. The third-order valence-corrected chi connectivity index (χ3v) is 5.10. The van der Waals surface area contributed by atoms with E-state index in [1.165, 1.54) is 29.2 Å². The molecule has 148 valence electrons. The zero-order valence-corrected chi connectivity index (χ0v) is 15.1. The lowest BCUT2D eigenvalue weighted by Gasteiger charge is -2.18. The molecule has 0 N–H and O–H groups in total. The Balaban J connectivity index is 1.27. The lowest BCUT2D eigenvalue weighted by atomic mass is 10.2. The molecule has 1 aliphatic heterocycles. The van der Waals surface area contributed by atoms with Gasteiger partial charge in [-0.2, -0.15) is 0 Å². The lowest BCUT2D eigenvalue weighted by Crippen LogP contribution is -2.34. The summed E-state index contributed by atoms with van der Waals surface area (Å²) in [6, 6.07) is 14.2. The number of hydrogen-bond acceptors (Lipinski definition) is 7. The number of amides is 2. The van der Waals surface area contributed by atoms with Crippen LogP contribution in [0.5, 0.6) is 5.75 Å². The van der Waals surface area contributed by atoms with Gasteiger partial charge in [-0.05, 0) is 17.7 Å². The van der Waals surface area contributed by atoms with Crippen LogP contribution in [0.2, 0.25) is 0 Å². The van der Waals surface area contributed by atoms with Crippen LogP contribution in [0, 0.1) is 27.9 Å². The highest BCUT2D eigenvalue weighted by Crippen LogP contribution is 2.53. The van der Waals surface area contributed by atoms with Gasteiger partial charge in [0.1, 0.15) is 5.75 Å². The molecule has 2 aromatic carbocycles. The van der Waals surface area contributed by atoms with E-state index in [2.05, 4.69) is 0 Å². The monoisotopic (exact) mass is 396 g/mol. The van der Waals surface area contributed by atoms with Gasteiger partial charge >= 0.3 is 6.16 Å². The molecule has 0 aromatic heterocycles. The number of imide groups is 1. The first kappa shape index (κ1) is 18.6. The lowest BCUT2D eigenvalue weighted by molar-refractivity contribution is -0.384. The fourth-order valence-electron chi connectivity index (χ4n) is 3.57. The van der Waals surface area contributed by atoms with Crippen molar-refractivity contribution in [2.45, 2.75) is 6.54 Å². The van der Waals surface area contributed by atoms with Crippen LogP contribution in [0.25, 0.3) is 0 Å². The van der Waals surface area contributed by atoms with E-state index in [1.54, 1.807) is 0 Å². The number of likely N-dealkylation sites (tertiary alicyclic amines) is 1. The van der Waals surface area contributed by atoms with Crippen molar-refractivity contribution < 1.29 is 28.8 Å². The highest BCUT2D eigenvalue weighted by atomic mass is 16.7. The molecule has 0 radical (unpaired) electrons. The van der Waals surface area contributed by atoms with Crippen LogP contribution < -0.4 is 4.74 Å². The van der Waals surface area contributed by atoms with Crippen LogP contribution in [0.3, 0.4) is 0 Å². The maximum atomic E-state index is 12.5. The van der Waals surface area contributed by atoms with Crippen LogP contribution in [0.4, 0.5) is 10.5 Å². The van der Waals surface area contributed by atoms with Crippen LogP contribution in [0.15, 0.2) is 54.6 Å². The van der Waals surface area contributed by atoms with Gasteiger partial charge in [-0.3, -0.25) is 24.6 Å². The molecule has 2 aromatic rings. The minimum Gasteiger partial charge on any atom is -0.434 e. The minimum absolute atomic E-state index is 0.0952. The van der Waals surface area contributed by atoms with E-state index in [0.717, 1.165) is 5.56 Å². The smallest absolute Gasteiger partial charge is 0.434 e. The van der Waals surface area contributed by atoms with Gasteiger partial charge in [0.25, 0.3) is 5.69 Å². The SMILES string of the molecule is O=C(OCC1[C@H]2C(=O)N(Cc3ccccc3)C(=O)[C@@H]12)Oc1ccc([N+](=O)[O-])cc1. The highest BCUT2D eigenvalue weighted by molar-refractivity contribution is 6.09. The second kappa shape index (κ2) is 7.34. The predicted octanol–water partition coefficient (Wildman–Crippen LogP) is 2.54. The van der Waals surface area contributed by atoms with E-state index in [-0.39, 0.29) is 42.3 Å². The van der Waals surface area contributed by atoms with Gasteiger partial charge in [-0.15, -0.1) is 0 Å². The van der Waals surface area contributed by atoms with Gasteiger partial charge in [-0.1, -0.05) is 30.3 Å². The van der Waals surface area contributed by atoms with Gasteiger partial charge < -0.3 is 9.47 Å². The number of nitro groups is 1. The van der Waals surface area contributed by atoms with Crippen LogP contribution in [-0.2, 0) is 20.9 Å². The standard InChI is InChI=1S/C20H16N2O7/c23-18-16-15(17(16)19(24)21(18)10-12-4-2-1-3-5-12)11-28-20(25)29-14-8-6-13(7-9-14)22(26)27/h1-9,15-17H,10-11H2/t15?,16-,17+. The second-order valence-electron chi connectivity index (χ2n) is 6.88. The fourth-order valence-corrected chi connectivity index (χ4v) is 3.57. The number of non-ortho nitro benzene ring substituents is 1. The number of nitrogens with zero attached hydrogens (tertiary/aromatic N) is 2. The first-order chi connectivity index (χ1) is 14.0. The average molecular weight is 396 g/mol. The molecule has 0 spiro atoms. The summed E-state index contributed by atoms with van der Waals surface area (Å²) < 4.78 is 9.96. The minimum atomic E-state index is -0.995. The summed E-state index contributed by atoms with van der Waals surface area (Å²) in [5.74, 6) is -1.66. The summed E-state index contributed by atoms with van der Waals surface area (Å²) in [5.41, 5.74) is 0.739. The average Bonchev–Trinajstić information content (AvgIpc) is 3.39. The molecule has 1 unspecified atom stereocenters. The number of piperidine rings is 1. The maximum Gasteiger partial charge on any atom is 0.513 e. The van der Waals surface area contributed by atoms with E-state index in [0.29, 0.717) is 0 Å². The third-order valence-electron chi connectivity index (χ3n) is 5.10. The molecule has 3 atom stereocenters. The number of rotatable bonds is 6.